The summed E-state index contributed by atoms with van der Waals surface area (Å²) in [5.74, 6) is -0.851. The molecule has 1 aliphatic rings. The van der Waals surface area contributed by atoms with Crippen LogP contribution in [0.4, 0.5) is 11.4 Å². The first-order valence-electron chi connectivity index (χ1n) is 10.8. The number of carbonyl (C=O) groups excluding carboxylic acids is 2. The van der Waals surface area contributed by atoms with Gasteiger partial charge in [-0.25, -0.2) is 8.42 Å². The van der Waals surface area contributed by atoms with E-state index in [1.54, 1.807) is 41.3 Å². The van der Waals surface area contributed by atoms with Gasteiger partial charge in [-0.1, -0.05) is 48.5 Å². The number of hydrogen-bond donors (Lipinski definition) is 2. The molecule has 34 heavy (non-hydrogen) atoms. The van der Waals surface area contributed by atoms with E-state index in [1.807, 2.05) is 30.3 Å². The Bertz CT molecular complexity index is 1310. The van der Waals surface area contributed by atoms with Crippen LogP contribution in [0.2, 0.25) is 0 Å². The van der Waals surface area contributed by atoms with Crippen molar-refractivity contribution in [3.05, 3.63) is 90.0 Å². The molecule has 0 spiro atoms. The Labute approximate surface area is 199 Å². The van der Waals surface area contributed by atoms with Gasteiger partial charge in [-0.2, -0.15) is 0 Å². The van der Waals surface area contributed by atoms with Gasteiger partial charge in [-0.05, 0) is 47.9 Å². The number of carbonyl (C=O) groups is 2. The van der Waals surface area contributed by atoms with Crippen LogP contribution in [0.15, 0.2) is 83.8 Å². The molecular formula is C25H26N4O4S. The molecule has 9 heteroatoms. The van der Waals surface area contributed by atoms with E-state index < -0.39 is 22.0 Å². The fourth-order valence-electron chi connectivity index (χ4n) is 4.08. The van der Waals surface area contributed by atoms with Gasteiger partial charge in [-0.3, -0.25) is 18.8 Å². The molecular weight excluding hydrogens is 452 g/mol. The van der Waals surface area contributed by atoms with Crippen LogP contribution in [0.1, 0.15) is 11.1 Å². The van der Waals surface area contributed by atoms with E-state index in [0.717, 1.165) is 11.1 Å². The van der Waals surface area contributed by atoms with Crippen LogP contribution in [0, 0.1) is 0 Å². The number of nitrogens with zero attached hydrogens (tertiary/aromatic N) is 2. The lowest BCUT2D eigenvalue weighted by atomic mass is 9.93. The van der Waals surface area contributed by atoms with Gasteiger partial charge >= 0.3 is 0 Å². The molecule has 0 radical (unpaired) electrons. The Morgan fingerprint density at radius 3 is 2.38 bits per heavy atom. The van der Waals surface area contributed by atoms with Crippen molar-refractivity contribution in [3.63, 3.8) is 0 Å². The third-order valence-electron chi connectivity index (χ3n) is 5.92. The zero-order valence-electron chi connectivity index (χ0n) is 18.7. The molecule has 1 atom stereocenters. The van der Waals surface area contributed by atoms with Gasteiger partial charge in [0.1, 0.15) is 0 Å². The summed E-state index contributed by atoms with van der Waals surface area (Å²) in [4.78, 5) is 26.6. The minimum Gasteiger partial charge on any atom is -0.368 e. The molecule has 0 unspecified atom stereocenters. The molecule has 8 nitrogen and oxygen atoms in total. The molecule has 4 rings (SSSR count). The number of benzene rings is 3. The Balaban J connectivity index is 1.49. The van der Waals surface area contributed by atoms with Gasteiger partial charge in [0.2, 0.25) is 11.8 Å². The van der Waals surface area contributed by atoms with E-state index in [-0.39, 0.29) is 17.3 Å². The third kappa shape index (κ3) is 4.95. The second-order valence-corrected chi connectivity index (χ2v) is 10.1. The highest BCUT2D eigenvalue weighted by molar-refractivity contribution is 7.92. The number of primary amides is 1. The SMILES string of the molecule is CN(c1ccccc1)S(=O)(=O)c1cccc(NC(=O)CN2Cc3ccccc3C[C@H]2C(N)=O)c1. The van der Waals surface area contributed by atoms with Crippen LogP contribution < -0.4 is 15.4 Å². The molecule has 176 valence electrons. The van der Waals surface area contributed by atoms with Crippen LogP contribution in [0.25, 0.3) is 0 Å². The average Bonchev–Trinajstić information content (AvgIpc) is 2.83. The van der Waals surface area contributed by atoms with E-state index in [1.165, 1.54) is 23.5 Å². The first kappa shape index (κ1) is 23.5. The number of nitrogens with two attached hydrogens (primary N) is 1. The van der Waals surface area contributed by atoms with E-state index >= 15 is 0 Å². The quantitative estimate of drug-likeness (QED) is 0.541. The molecule has 1 heterocycles. The van der Waals surface area contributed by atoms with Crippen molar-refractivity contribution in [1.29, 1.82) is 0 Å². The summed E-state index contributed by atoms with van der Waals surface area (Å²) in [6, 6.07) is 22.0. The summed E-state index contributed by atoms with van der Waals surface area (Å²) >= 11 is 0. The minimum atomic E-state index is -3.82. The normalized spacial score (nSPS) is 15.9. The van der Waals surface area contributed by atoms with Crippen molar-refractivity contribution in [1.82, 2.24) is 4.90 Å². The number of anilines is 2. The van der Waals surface area contributed by atoms with Crippen LogP contribution >= 0.6 is 0 Å². The van der Waals surface area contributed by atoms with E-state index in [9.17, 15) is 18.0 Å². The zero-order valence-corrected chi connectivity index (χ0v) is 19.5. The lowest BCUT2D eigenvalue weighted by molar-refractivity contribution is -0.125. The van der Waals surface area contributed by atoms with Gasteiger partial charge in [0, 0.05) is 19.3 Å². The molecule has 0 saturated heterocycles. The predicted molar refractivity (Wildman–Crippen MR) is 131 cm³/mol. The highest BCUT2D eigenvalue weighted by atomic mass is 32.2. The van der Waals surface area contributed by atoms with Gasteiger partial charge in [0.05, 0.1) is 23.2 Å². The fourth-order valence-corrected chi connectivity index (χ4v) is 5.32. The van der Waals surface area contributed by atoms with Crippen molar-refractivity contribution >= 4 is 33.2 Å². The molecule has 2 amide bonds. The van der Waals surface area contributed by atoms with Gasteiger partial charge in [0.25, 0.3) is 10.0 Å². The van der Waals surface area contributed by atoms with Crippen molar-refractivity contribution in [2.24, 2.45) is 5.73 Å². The Hall–Kier alpha value is -3.69. The highest BCUT2D eigenvalue weighted by Gasteiger charge is 2.31. The van der Waals surface area contributed by atoms with Crippen LogP contribution in [0.3, 0.4) is 0 Å². The predicted octanol–water partition coefficient (Wildman–Crippen LogP) is 2.36. The molecule has 3 N–H and O–H groups in total. The summed E-state index contributed by atoms with van der Waals surface area (Å²) in [6.07, 6.45) is 0.443. The second kappa shape index (κ2) is 9.66. The molecule has 0 fully saturated rings. The third-order valence-corrected chi connectivity index (χ3v) is 7.70. The number of fused-ring (bicyclic) bond motifs is 1. The summed E-state index contributed by atoms with van der Waals surface area (Å²) in [6.45, 7) is 0.371. The second-order valence-electron chi connectivity index (χ2n) is 8.18. The van der Waals surface area contributed by atoms with Crippen molar-refractivity contribution < 1.29 is 18.0 Å². The maximum Gasteiger partial charge on any atom is 0.264 e. The van der Waals surface area contributed by atoms with Gasteiger partial charge in [-0.15, -0.1) is 0 Å². The topological polar surface area (TPSA) is 113 Å². The fraction of sp³-hybridized carbons (Fsp3) is 0.200. The van der Waals surface area contributed by atoms with Crippen molar-refractivity contribution in [2.75, 3.05) is 23.2 Å². The van der Waals surface area contributed by atoms with E-state index in [2.05, 4.69) is 5.32 Å². The molecule has 1 aliphatic heterocycles. The molecule has 3 aromatic rings. The molecule has 3 aromatic carbocycles. The Morgan fingerprint density at radius 1 is 1.00 bits per heavy atom. The molecule has 0 bridgehead atoms. The van der Waals surface area contributed by atoms with Crippen LogP contribution in [0.5, 0.6) is 0 Å². The maximum atomic E-state index is 13.1. The molecule has 0 saturated carbocycles. The number of rotatable bonds is 7. The van der Waals surface area contributed by atoms with E-state index in [4.69, 9.17) is 5.73 Å². The van der Waals surface area contributed by atoms with Gasteiger partial charge < -0.3 is 11.1 Å². The lowest BCUT2D eigenvalue weighted by Gasteiger charge is -2.34. The van der Waals surface area contributed by atoms with Crippen molar-refractivity contribution in [2.45, 2.75) is 23.9 Å². The number of sulfonamides is 1. The summed E-state index contributed by atoms with van der Waals surface area (Å²) in [7, 11) is -2.34. The maximum absolute atomic E-state index is 13.1. The summed E-state index contributed by atoms with van der Waals surface area (Å²) in [5, 5.41) is 2.75. The smallest absolute Gasteiger partial charge is 0.264 e. The number of hydrogen-bond acceptors (Lipinski definition) is 5. The van der Waals surface area contributed by atoms with E-state index in [0.29, 0.717) is 24.3 Å². The monoisotopic (exact) mass is 478 g/mol. The number of para-hydroxylation sites is 1. The first-order chi connectivity index (χ1) is 16.3. The van der Waals surface area contributed by atoms with Crippen LogP contribution in [-0.4, -0.2) is 44.8 Å². The number of amides is 2. The highest BCUT2D eigenvalue weighted by Crippen LogP contribution is 2.25. The standard InChI is InChI=1S/C25H26N4O4S/c1-28(21-11-3-2-4-12-21)34(32,33)22-13-7-10-20(15-22)27-24(30)17-29-16-19-9-6-5-8-18(19)14-23(29)25(26)31/h2-13,15,23H,14,16-17H2,1H3,(H2,26,31)(H,27,30)/t23-/m0/s1. The Morgan fingerprint density at radius 2 is 1.68 bits per heavy atom. The number of nitrogens with one attached hydrogen (secondary N) is 1. The summed E-state index contributed by atoms with van der Waals surface area (Å²) < 4.78 is 27.3. The zero-order chi connectivity index (χ0) is 24.3. The molecule has 0 aliphatic carbocycles. The minimum absolute atomic E-state index is 0.0527. The molecule has 0 aromatic heterocycles. The summed E-state index contributed by atoms with van der Waals surface area (Å²) in [5.41, 5.74) is 8.57. The van der Waals surface area contributed by atoms with Gasteiger partial charge in [0.15, 0.2) is 0 Å². The first-order valence-corrected chi connectivity index (χ1v) is 12.2. The average molecular weight is 479 g/mol. The largest absolute Gasteiger partial charge is 0.368 e. The lowest BCUT2D eigenvalue weighted by Crippen LogP contribution is -2.50. The van der Waals surface area contributed by atoms with Crippen molar-refractivity contribution in [3.8, 4) is 0 Å². The Kier molecular flexibility index (Phi) is 6.67. The van der Waals surface area contributed by atoms with Crippen LogP contribution in [-0.2, 0) is 32.6 Å².